The second-order valence-electron chi connectivity index (χ2n) is 4.73. The van der Waals surface area contributed by atoms with Crippen LogP contribution in [0.15, 0.2) is 42.5 Å². The lowest BCUT2D eigenvalue weighted by Gasteiger charge is -2.15. The van der Waals surface area contributed by atoms with Gasteiger partial charge in [0.2, 0.25) is 0 Å². The third-order valence-corrected chi connectivity index (χ3v) is 3.26. The van der Waals surface area contributed by atoms with Crippen molar-refractivity contribution in [2.24, 2.45) is 0 Å². The highest BCUT2D eigenvalue weighted by molar-refractivity contribution is 5.73. The zero-order valence-corrected chi connectivity index (χ0v) is 11.5. The second-order valence-corrected chi connectivity index (χ2v) is 4.73. The van der Waals surface area contributed by atoms with Crippen LogP contribution in [0.4, 0.5) is 18.9 Å². The van der Waals surface area contributed by atoms with Crippen LogP contribution in [0.2, 0.25) is 0 Å². The number of aliphatic hydroxyl groups is 1. The molecule has 0 spiro atoms. The summed E-state index contributed by atoms with van der Waals surface area (Å²) in [6.45, 7) is -0.231. The lowest BCUT2D eigenvalue weighted by molar-refractivity contribution is -0.127. The standard InChI is InChI=1S/C16H16F3NO/c1-20-13-6-7-15(12(8-13)10-21)14-5-3-2-4-11(14)9-16(17,18)19/h2-8,20-21H,9-10H2,1H3. The van der Waals surface area contributed by atoms with Crippen molar-refractivity contribution in [2.75, 3.05) is 12.4 Å². The van der Waals surface area contributed by atoms with E-state index in [4.69, 9.17) is 0 Å². The Morgan fingerprint density at radius 2 is 1.67 bits per heavy atom. The van der Waals surface area contributed by atoms with Crippen LogP contribution in [-0.2, 0) is 13.0 Å². The van der Waals surface area contributed by atoms with E-state index >= 15 is 0 Å². The Balaban J connectivity index is 2.51. The van der Waals surface area contributed by atoms with Crippen molar-refractivity contribution in [3.63, 3.8) is 0 Å². The Morgan fingerprint density at radius 3 is 2.29 bits per heavy atom. The van der Waals surface area contributed by atoms with E-state index in [9.17, 15) is 18.3 Å². The number of benzene rings is 2. The van der Waals surface area contributed by atoms with Crippen molar-refractivity contribution in [1.82, 2.24) is 0 Å². The average molecular weight is 295 g/mol. The molecule has 0 bridgehead atoms. The van der Waals surface area contributed by atoms with Crippen LogP contribution in [-0.4, -0.2) is 18.3 Å². The smallest absolute Gasteiger partial charge is 0.392 e. The molecule has 0 fully saturated rings. The maximum absolute atomic E-state index is 12.7. The van der Waals surface area contributed by atoms with Gasteiger partial charge in [0.25, 0.3) is 0 Å². The monoisotopic (exact) mass is 295 g/mol. The molecule has 2 aromatic carbocycles. The van der Waals surface area contributed by atoms with E-state index < -0.39 is 12.6 Å². The number of hydrogen-bond acceptors (Lipinski definition) is 2. The summed E-state index contributed by atoms with van der Waals surface area (Å²) in [4.78, 5) is 0. The van der Waals surface area contributed by atoms with Crippen molar-refractivity contribution in [3.05, 3.63) is 53.6 Å². The third kappa shape index (κ3) is 3.76. The Hall–Kier alpha value is -2.01. The highest BCUT2D eigenvalue weighted by Crippen LogP contribution is 2.32. The van der Waals surface area contributed by atoms with Crippen molar-refractivity contribution < 1.29 is 18.3 Å². The zero-order chi connectivity index (χ0) is 15.5. The van der Waals surface area contributed by atoms with Gasteiger partial charge < -0.3 is 10.4 Å². The van der Waals surface area contributed by atoms with Gasteiger partial charge in [0.15, 0.2) is 0 Å². The fourth-order valence-electron chi connectivity index (χ4n) is 2.30. The number of hydrogen-bond donors (Lipinski definition) is 2. The molecule has 2 nitrogen and oxygen atoms in total. The summed E-state index contributed by atoms with van der Waals surface area (Å²) in [7, 11) is 1.74. The molecule has 0 heterocycles. The minimum Gasteiger partial charge on any atom is -0.392 e. The van der Waals surface area contributed by atoms with Crippen LogP contribution in [0, 0.1) is 0 Å². The largest absolute Gasteiger partial charge is 0.393 e. The fourth-order valence-corrected chi connectivity index (χ4v) is 2.30. The van der Waals surface area contributed by atoms with Crippen molar-refractivity contribution in [2.45, 2.75) is 19.2 Å². The molecule has 112 valence electrons. The van der Waals surface area contributed by atoms with E-state index in [-0.39, 0.29) is 12.2 Å². The molecule has 2 aromatic rings. The van der Waals surface area contributed by atoms with Crippen LogP contribution in [0.5, 0.6) is 0 Å². The van der Waals surface area contributed by atoms with Gasteiger partial charge in [-0.2, -0.15) is 13.2 Å². The highest BCUT2D eigenvalue weighted by Gasteiger charge is 2.29. The average Bonchev–Trinajstić information content (AvgIpc) is 2.45. The lowest BCUT2D eigenvalue weighted by atomic mass is 9.93. The molecule has 0 atom stereocenters. The van der Waals surface area contributed by atoms with Gasteiger partial charge in [0, 0.05) is 12.7 Å². The van der Waals surface area contributed by atoms with E-state index in [2.05, 4.69) is 5.32 Å². The summed E-state index contributed by atoms with van der Waals surface area (Å²) in [5.41, 5.74) is 2.72. The van der Waals surface area contributed by atoms with Gasteiger partial charge in [-0.15, -0.1) is 0 Å². The maximum atomic E-state index is 12.7. The highest BCUT2D eigenvalue weighted by atomic mass is 19.4. The van der Waals surface area contributed by atoms with E-state index in [0.717, 1.165) is 5.69 Å². The van der Waals surface area contributed by atoms with E-state index in [1.54, 1.807) is 43.4 Å². The van der Waals surface area contributed by atoms with Crippen LogP contribution in [0.3, 0.4) is 0 Å². The van der Waals surface area contributed by atoms with Gasteiger partial charge in [-0.3, -0.25) is 0 Å². The predicted octanol–water partition coefficient (Wildman–Crippen LogP) is 3.99. The molecule has 0 aliphatic heterocycles. The summed E-state index contributed by atoms with van der Waals surface area (Å²) >= 11 is 0. The minimum atomic E-state index is -4.26. The summed E-state index contributed by atoms with van der Waals surface area (Å²) in [5, 5.41) is 12.4. The van der Waals surface area contributed by atoms with E-state index in [1.165, 1.54) is 6.07 Å². The third-order valence-electron chi connectivity index (χ3n) is 3.26. The molecule has 0 saturated carbocycles. The molecule has 0 amide bonds. The van der Waals surface area contributed by atoms with Gasteiger partial charge in [-0.25, -0.2) is 0 Å². The zero-order valence-electron chi connectivity index (χ0n) is 11.5. The van der Waals surface area contributed by atoms with Gasteiger partial charge in [0.1, 0.15) is 0 Å². The van der Waals surface area contributed by atoms with Gasteiger partial charge >= 0.3 is 6.18 Å². The molecule has 0 aliphatic carbocycles. The number of halogens is 3. The second kappa shape index (κ2) is 6.18. The van der Waals surface area contributed by atoms with Crippen LogP contribution >= 0.6 is 0 Å². The van der Waals surface area contributed by atoms with Crippen LogP contribution in [0.1, 0.15) is 11.1 Å². The van der Waals surface area contributed by atoms with Crippen molar-refractivity contribution >= 4 is 5.69 Å². The van der Waals surface area contributed by atoms with E-state index in [1.807, 2.05) is 0 Å². The molecule has 2 rings (SSSR count). The molecule has 5 heteroatoms. The number of aliphatic hydroxyl groups excluding tert-OH is 1. The topological polar surface area (TPSA) is 32.3 Å². The lowest BCUT2D eigenvalue weighted by Crippen LogP contribution is -2.12. The first-order valence-electron chi connectivity index (χ1n) is 6.51. The molecule has 2 N–H and O–H groups in total. The van der Waals surface area contributed by atoms with Crippen molar-refractivity contribution in [1.29, 1.82) is 0 Å². The van der Waals surface area contributed by atoms with Crippen LogP contribution < -0.4 is 5.32 Å². The molecule has 0 saturated heterocycles. The fraction of sp³-hybridized carbons (Fsp3) is 0.250. The Kier molecular flexibility index (Phi) is 4.53. The molecular formula is C16H16F3NO. The van der Waals surface area contributed by atoms with Gasteiger partial charge in [0.05, 0.1) is 13.0 Å². The minimum absolute atomic E-state index is 0.205. The number of alkyl halides is 3. The number of nitrogens with one attached hydrogen (secondary N) is 1. The molecule has 0 unspecified atom stereocenters. The van der Waals surface area contributed by atoms with E-state index in [0.29, 0.717) is 16.7 Å². The number of anilines is 1. The molecule has 0 aliphatic rings. The molecule has 0 aromatic heterocycles. The molecular weight excluding hydrogens is 279 g/mol. The first-order chi connectivity index (χ1) is 9.94. The first-order valence-corrected chi connectivity index (χ1v) is 6.51. The summed E-state index contributed by atoms with van der Waals surface area (Å²) < 4.78 is 38.0. The van der Waals surface area contributed by atoms with Gasteiger partial charge in [-0.1, -0.05) is 30.3 Å². The van der Waals surface area contributed by atoms with Crippen LogP contribution in [0.25, 0.3) is 11.1 Å². The normalized spacial score (nSPS) is 11.5. The Morgan fingerprint density at radius 1 is 1.00 bits per heavy atom. The molecule has 0 radical (unpaired) electrons. The maximum Gasteiger partial charge on any atom is 0.393 e. The Bertz CT molecular complexity index is 623. The van der Waals surface area contributed by atoms with Gasteiger partial charge in [-0.05, 0) is 34.4 Å². The SMILES string of the molecule is CNc1ccc(-c2ccccc2CC(F)(F)F)c(CO)c1. The number of rotatable bonds is 4. The predicted molar refractivity (Wildman–Crippen MR) is 77.1 cm³/mol. The molecule has 21 heavy (non-hydrogen) atoms. The summed E-state index contributed by atoms with van der Waals surface area (Å²) in [6.07, 6.45) is -5.25. The first kappa shape index (κ1) is 15.4. The Labute approximate surface area is 121 Å². The quantitative estimate of drug-likeness (QED) is 0.894. The van der Waals surface area contributed by atoms with Crippen molar-refractivity contribution in [3.8, 4) is 11.1 Å². The summed E-state index contributed by atoms with van der Waals surface area (Å²) in [5.74, 6) is 0. The summed E-state index contributed by atoms with van der Waals surface area (Å²) in [6, 6.07) is 11.6.